The van der Waals surface area contributed by atoms with Crippen molar-refractivity contribution in [1.82, 2.24) is 0 Å². The van der Waals surface area contributed by atoms with Crippen molar-refractivity contribution in [3.63, 3.8) is 0 Å². The summed E-state index contributed by atoms with van der Waals surface area (Å²) in [4.78, 5) is 26.2. The molecule has 3 rings (SSSR count). The number of anilines is 3. The van der Waals surface area contributed by atoms with E-state index >= 15 is 0 Å². The molecule has 2 aromatic carbocycles. The highest BCUT2D eigenvalue weighted by atomic mass is 35.5. The maximum Gasteiger partial charge on any atom is 0.337 e. The number of carbonyl (C=O) groups is 2. The molecular weight excluding hydrogens is 366 g/mol. The fourth-order valence-electron chi connectivity index (χ4n) is 3.06. The van der Waals surface area contributed by atoms with Crippen LogP contribution in [0.5, 0.6) is 0 Å². The molecular formula is C20H22ClN3O3. The number of ether oxygens (including phenoxy) is 1. The van der Waals surface area contributed by atoms with Crippen LogP contribution in [0, 0.1) is 0 Å². The quantitative estimate of drug-likeness (QED) is 0.742. The smallest absolute Gasteiger partial charge is 0.337 e. The number of hydrogen-bond donors (Lipinski definition) is 2. The number of hydrogen-bond acceptors (Lipinski definition) is 4. The number of esters is 1. The average molecular weight is 388 g/mol. The van der Waals surface area contributed by atoms with E-state index in [9.17, 15) is 9.59 Å². The van der Waals surface area contributed by atoms with Crippen LogP contribution in [0.4, 0.5) is 21.9 Å². The van der Waals surface area contributed by atoms with E-state index in [1.54, 1.807) is 0 Å². The van der Waals surface area contributed by atoms with Gasteiger partial charge in [-0.15, -0.1) is 0 Å². The zero-order chi connectivity index (χ0) is 19.2. The molecule has 7 heteroatoms. The monoisotopic (exact) mass is 387 g/mol. The van der Waals surface area contributed by atoms with Crippen LogP contribution in [0.25, 0.3) is 0 Å². The van der Waals surface area contributed by atoms with E-state index in [1.807, 2.05) is 24.3 Å². The van der Waals surface area contributed by atoms with Crippen LogP contribution in [-0.2, 0) is 4.74 Å². The third-order valence-corrected chi connectivity index (χ3v) is 4.81. The third-order valence-electron chi connectivity index (χ3n) is 4.48. The van der Waals surface area contributed by atoms with Crippen LogP contribution in [0.3, 0.4) is 0 Å². The molecule has 1 aliphatic rings. The summed E-state index contributed by atoms with van der Waals surface area (Å²) in [6.45, 7) is 2.14. The molecule has 6 nitrogen and oxygen atoms in total. The summed E-state index contributed by atoms with van der Waals surface area (Å²) in [6.07, 6.45) is 3.72. The van der Waals surface area contributed by atoms with E-state index in [-0.39, 0.29) is 0 Å². The third kappa shape index (κ3) is 4.92. The number of nitrogens with zero attached hydrogens (tertiary/aromatic N) is 1. The number of amides is 2. The number of benzene rings is 2. The maximum absolute atomic E-state index is 12.3. The van der Waals surface area contributed by atoms with Gasteiger partial charge >= 0.3 is 12.0 Å². The number of methoxy groups -OCH3 is 1. The Morgan fingerprint density at radius 1 is 1.00 bits per heavy atom. The van der Waals surface area contributed by atoms with Crippen LogP contribution in [0.15, 0.2) is 42.5 Å². The number of piperidine rings is 1. The highest BCUT2D eigenvalue weighted by Gasteiger charge is 2.13. The molecule has 0 bridgehead atoms. The second kappa shape index (κ2) is 8.77. The molecule has 0 atom stereocenters. The predicted octanol–water partition coefficient (Wildman–Crippen LogP) is 4.76. The molecule has 0 aliphatic carbocycles. The van der Waals surface area contributed by atoms with E-state index in [0.29, 0.717) is 22.0 Å². The second-order valence-corrected chi connectivity index (χ2v) is 6.77. The van der Waals surface area contributed by atoms with Gasteiger partial charge < -0.3 is 20.3 Å². The molecule has 0 spiro atoms. The van der Waals surface area contributed by atoms with Gasteiger partial charge in [-0.2, -0.15) is 0 Å². The van der Waals surface area contributed by atoms with E-state index < -0.39 is 12.0 Å². The van der Waals surface area contributed by atoms with Crippen LogP contribution in [0.2, 0.25) is 5.02 Å². The highest BCUT2D eigenvalue weighted by molar-refractivity contribution is 6.34. The molecule has 0 saturated carbocycles. The lowest BCUT2D eigenvalue weighted by Gasteiger charge is -2.28. The highest BCUT2D eigenvalue weighted by Crippen LogP contribution is 2.25. The van der Waals surface area contributed by atoms with Crippen molar-refractivity contribution < 1.29 is 14.3 Å². The molecule has 0 unspecified atom stereocenters. The number of carbonyl (C=O) groups excluding carboxylic acids is 2. The maximum atomic E-state index is 12.3. The first-order valence-electron chi connectivity index (χ1n) is 8.88. The van der Waals surface area contributed by atoms with Crippen molar-refractivity contribution in [2.45, 2.75) is 19.3 Å². The lowest BCUT2D eigenvalue weighted by Crippen LogP contribution is -2.29. The first-order chi connectivity index (χ1) is 13.1. The molecule has 1 fully saturated rings. The lowest BCUT2D eigenvalue weighted by atomic mass is 10.1. The van der Waals surface area contributed by atoms with Crippen molar-refractivity contribution >= 4 is 40.7 Å². The minimum absolute atomic E-state index is 0.308. The van der Waals surface area contributed by atoms with Gasteiger partial charge in [0.05, 0.1) is 23.4 Å². The Balaban J connectivity index is 1.63. The summed E-state index contributed by atoms with van der Waals surface area (Å²) < 4.78 is 4.68. The zero-order valence-corrected chi connectivity index (χ0v) is 15.9. The van der Waals surface area contributed by atoms with Crippen LogP contribution in [0.1, 0.15) is 29.6 Å². The van der Waals surface area contributed by atoms with Crippen molar-refractivity contribution in [3.8, 4) is 0 Å². The van der Waals surface area contributed by atoms with Gasteiger partial charge in [0.2, 0.25) is 0 Å². The molecule has 0 aromatic heterocycles. The topological polar surface area (TPSA) is 70.7 Å². The van der Waals surface area contributed by atoms with Crippen LogP contribution in [-0.4, -0.2) is 32.2 Å². The molecule has 1 aliphatic heterocycles. The Hall–Kier alpha value is -2.73. The largest absolute Gasteiger partial charge is 0.465 e. The first-order valence-corrected chi connectivity index (χ1v) is 9.25. The van der Waals surface area contributed by atoms with Crippen molar-refractivity contribution in [2.24, 2.45) is 0 Å². The van der Waals surface area contributed by atoms with E-state index in [2.05, 4.69) is 20.3 Å². The number of halogens is 1. The van der Waals surface area contributed by atoms with Gasteiger partial charge in [0.15, 0.2) is 0 Å². The lowest BCUT2D eigenvalue weighted by molar-refractivity contribution is 0.0600. The average Bonchev–Trinajstić information content (AvgIpc) is 2.70. The molecule has 2 aromatic rings. The fraction of sp³-hybridized carbons (Fsp3) is 0.300. The Labute approximate surface area is 163 Å². The summed E-state index contributed by atoms with van der Waals surface area (Å²) in [5.41, 5.74) is 2.48. The summed E-state index contributed by atoms with van der Waals surface area (Å²) in [7, 11) is 1.30. The van der Waals surface area contributed by atoms with Gasteiger partial charge in [0, 0.05) is 24.5 Å². The fourth-order valence-corrected chi connectivity index (χ4v) is 3.22. The van der Waals surface area contributed by atoms with Crippen molar-refractivity contribution in [3.05, 3.63) is 53.1 Å². The molecule has 1 saturated heterocycles. The summed E-state index contributed by atoms with van der Waals surface area (Å²) >= 11 is 6.10. The molecule has 0 radical (unpaired) electrons. The van der Waals surface area contributed by atoms with Crippen molar-refractivity contribution in [1.29, 1.82) is 0 Å². The Bertz CT molecular complexity index is 818. The zero-order valence-electron chi connectivity index (χ0n) is 15.1. The number of rotatable bonds is 4. The SMILES string of the molecule is COC(=O)c1ccc(Cl)c(NC(=O)Nc2ccc(N3CCCCC3)cc2)c1. The summed E-state index contributed by atoms with van der Waals surface area (Å²) in [5, 5.41) is 5.75. The van der Waals surface area contributed by atoms with Gasteiger partial charge in [-0.1, -0.05) is 11.6 Å². The van der Waals surface area contributed by atoms with Crippen molar-refractivity contribution in [2.75, 3.05) is 35.7 Å². The molecule has 2 amide bonds. The number of urea groups is 1. The molecule has 27 heavy (non-hydrogen) atoms. The normalized spacial score (nSPS) is 13.8. The molecule has 2 N–H and O–H groups in total. The summed E-state index contributed by atoms with van der Waals surface area (Å²) in [5.74, 6) is -0.497. The predicted molar refractivity (Wildman–Crippen MR) is 108 cm³/mol. The standard InChI is InChI=1S/C20H22ClN3O3/c1-27-19(25)14-5-10-17(21)18(13-14)23-20(26)22-15-6-8-16(9-7-15)24-11-3-2-4-12-24/h5-10,13H,2-4,11-12H2,1H3,(H2,22,23,26). The van der Waals surface area contributed by atoms with E-state index in [4.69, 9.17) is 11.6 Å². The van der Waals surface area contributed by atoms with Gasteiger partial charge in [-0.05, 0) is 61.7 Å². The van der Waals surface area contributed by atoms with Gasteiger partial charge in [-0.3, -0.25) is 0 Å². The van der Waals surface area contributed by atoms with Gasteiger partial charge in [-0.25, -0.2) is 9.59 Å². The second-order valence-electron chi connectivity index (χ2n) is 6.36. The van der Waals surface area contributed by atoms with E-state index in [0.717, 1.165) is 18.8 Å². The van der Waals surface area contributed by atoms with E-state index in [1.165, 1.54) is 44.6 Å². The minimum atomic E-state index is -0.497. The minimum Gasteiger partial charge on any atom is -0.465 e. The molecule has 142 valence electrons. The van der Waals surface area contributed by atoms with Crippen LogP contribution < -0.4 is 15.5 Å². The summed E-state index contributed by atoms with van der Waals surface area (Å²) in [6, 6.07) is 11.9. The number of nitrogens with one attached hydrogen (secondary N) is 2. The Morgan fingerprint density at radius 3 is 2.37 bits per heavy atom. The Kier molecular flexibility index (Phi) is 6.19. The molecule has 1 heterocycles. The van der Waals surface area contributed by atoms with Crippen LogP contribution >= 0.6 is 11.6 Å². The Morgan fingerprint density at radius 2 is 1.70 bits per heavy atom. The first kappa shape index (κ1) is 19.0. The van der Waals surface area contributed by atoms with Gasteiger partial charge in [0.25, 0.3) is 0 Å². The van der Waals surface area contributed by atoms with Gasteiger partial charge in [0.1, 0.15) is 0 Å².